The number of halogens is 2. The molecule has 1 aromatic carbocycles. The predicted octanol–water partition coefficient (Wildman–Crippen LogP) is 3.26. The van der Waals surface area contributed by atoms with Gasteiger partial charge in [-0.05, 0) is 44.3 Å². The molecule has 0 bridgehead atoms. The van der Waals surface area contributed by atoms with E-state index in [1.807, 2.05) is 0 Å². The van der Waals surface area contributed by atoms with Gasteiger partial charge in [0, 0.05) is 2.74 Å². The van der Waals surface area contributed by atoms with Crippen LogP contribution in [0.4, 0.5) is 10.1 Å². The van der Waals surface area contributed by atoms with Crippen molar-refractivity contribution < 1.29 is 26.5 Å². The third-order valence-corrected chi connectivity index (χ3v) is 5.08. The normalized spacial score (nSPS) is 22.7. The molecule has 1 N–H and O–H groups in total. The fraction of sp³-hybridized carbons (Fsp3) is 0.400. The summed E-state index contributed by atoms with van der Waals surface area (Å²) in [4.78, 5) is 12.2. The quantitative estimate of drug-likeness (QED) is 0.814. The Labute approximate surface area is 143 Å². The van der Waals surface area contributed by atoms with Crippen molar-refractivity contribution in [3.05, 3.63) is 40.7 Å². The Hall–Kier alpha value is -1.60. The van der Waals surface area contributed by atoms with E-state index in [0.29, 0.717) is 0 Å². The highest BCUT2D eigenvalue weighted by Crippen LogP contribution is 2.30. The van der Waals surface area contributed by atoms with E-state index in [9.17, 15) is 17.6 Å². The summed E-state index contributed by atoms with van der Waals surface area (Å²) in [5.74, 6) is -1.64. The number of anilines is 1. The zero-order valence-corrected chi connectivity index (χ0v) is 13.8. The van der Waals surface area contributed by atoms with Crippen molar-refractivity contribution >= 4 is 33.3 Å². The van der Waals surface area contributed by atoms with Gasteiger partial charge in [-0.2, -0.15) is 0 Å². The number of carbonyl (C=O) groups excluding carboxylic acids is 1. The average molecular weight is 365 g/mol. The molecule has 5 nitrogen and oxygen atoms in total. The van der Waals surface area contributed by atoms with Crippen LogP contribution in [0.1, 0.15) is 30.3 Å². The van der Waals surface area contributed by atoms with Gasteiger partial charge in [0.15, 0.2) is 0 Å². The van der Waals surface area contributed by atoms with Gasteiger partial charge in [-0.1, -0.05) is 17.7 Å². The van der Waals surface area contributed by atoms with Gasteiger partial charge in [0.2, 0.25) is 10.0 Å². The average Bonchev–Trinajstić information content (AvgIpc) is 2.48. The standard InChI is InChI=1S/C15H17ClFNO4S/c1-2-22-15(19)11-5-3-4-6-14(11)23(20,21)18-13-8-7-10(17)9-12(13)16/h5,7-9,14,18H,2-4,6H2,1H3/i4D2,5D. The maximum Gasteiger partial charge on any atom is 0.335 e. The highest BCUT2D eigenvalue weighted by molar-refractivity contribution is 7.93. The molecule has 0 amide bonds. The number of esters is 1. The summed E-state index contributed by atoms with van der Waals surface area (Å²) in [6.07, 6.45) is -2.92. The molecule has 1 aliphatic carbocycles. The molecule has 0 radical (unpaired) electrons. The van der Waals surface area contributed by atoms with E-state index in [-0.39, 0.29) is 17.3 Å². The minimum atomic E-state index is -4.36. The Morgan fingerprint density at radius 3 is 3.00 bits per heavy atom. The topological polar surface area (TPSA) is 72.5 Å². The number of hydrogen-bond donors (Lipinski definition) is 1. The first-order chi connectivity index (χ1) is 12.0. The molecule has 0 heterocycles. The van der Waals surface area contributed by atoms with Gasteiger partial charge in [0.05, 0.1) is 24.3 Å². The SMILES string of the molecule is [2H]C1=C(C(=O)OCC)C(S(=O)(=O)Nc2ccc(F)cc2Cl)CC([2H])([2H])C1. The fourth-order valence-corrected chi connectivity index (χ4v) is 3.78. The van der Waals surface area contributed by atoms with Crippen molar-refractivity contribution in [2.45, 2.75) is 31.4 Å². The maximum atomic E-state index is 13.1. The first-order valence-electron chi connectivity index (χ1n) is 8.30. The molecule has 2 rings (SSSR count). The summed E-state index contributed by atoms with van der Waals surface area (Å²) in [5.41, 5.74) is -0.526. The van der Waals surface area contributed by atoms with E-state index in [0.717, 1.165) is 18.2 Å². The first kappa shape index (κ1) is 13.8. The summed E-state index contributed by atoms with van der Waals surface area (Å²) < 4.78 is 69.3. The Kier molecular flexibility index (Phi) is 4.39. The van der Waals surface area contributed by atoms with Gasteiger partial charge in [-0.25, -0.2) is 17.6 Å². The van der Waals surface area contributed by atoms with Crippen LogP contribution in [-0.2, 0) is 19.6 Å². The maximum absolute atomic E-state index is 13.1. The smallest absolute Gasteiger partial charge is 0.335 e. The Morgan fingerprint density at radius 1 is 1.61 bits per heavy atom. The number of nitrogens with one attached hydrogen (secondary N) is 1. The zero-order chi connectivity index (χ0) is 19.7. The van der Waals surface area contributed by atoms with Crippen LogP contribution in [0.2, 0.25) is 5.02 Å². The van der Waals surface area contributed by atoms with Crippen LogP contribution >= 0.6 is 11.6 Å². The van der Waals surface area contributed by atoms with Crippen LogP contribution in [0.5, 0.6) is 0 Å². The zero-order valence-electron chi connectivity index (χ0n) is 15.2. The van der Waals surface area contributed by atoms with Crippen LogP contribution < -0.4 is 4.72 Å². The van der Waals surface area contributed by atoms with Gasteiger partial charge in [-0.15, -0.1) is 0 Å². The highest BCUT2D eigenvalue weighted by Gasteiger charge is 2.35. The summed E-state index contributed by atoms with van der Waals surface area (Å²) in [6.45, 7) is 1.51. The second-order valence-electron chi connectivity index (χ2n) is 4.70. The van der Waals surface area contributed by atoms with E-state index in [1.165, 1.54) is 6.92 Å². The molecule has 0 saturated carbocycles. The first-order valence-corrected chi connectivity index (χ1v) is 8.73. The summed E-state index contributed by atoms with van der Waals surface area (Å²) in [5, 5.41) is -1.83. The lowest BCUT2D eigenvalue weighted by Gasteiger charge is -2.24. The second kappa shape index (κ2) is 7.31. The van der Waals surface area contributed by atoms with Crippen molar-refractivity contribution in [1.29, 1.82) is 0 Å². The number of ether oxygens (including phenoxy) is 1. The molecule has 0 aromatic heterocycles. The Morgan fingerprint density at radius 2 is 2.35 bits per heavy atom. The van der Waals surface area contributed by atoms with Crippen LogP contribution in [0.25, 0.3) is 0 Å². The van der Waals surface area contributed by atoms with Crippen molar-refractivity contribution in [2.24, 2.45) is 0 Å². The number of benzene rings is 1. The van der Waals surface area contributed by atoms with Gasteiger partial charge >= 0.3 is 5.97 Å². The van der Waals surface area contributed by atoms with Gasteiger partial charge in [-0.3, -0.25) is 4.72 Å². The molecule has 0 spiro atoms. The van der Waals surface area contributed by atoms with Crippen molar-refractivity contribution in [1.82, 2.24) is 0 Å². The number of sulfonamides is 1. The minimum absolute atomic E-state index is 0.0213. The van der Waals surface area contributed by atoms with Crippen LogP contribution in [0.15, 0.2) is 29.8 Å². The molecular weight excluding hydrogens is 345 g/mol. The largest absolute Gasteiger partial charge is 0.463 e. The number of hydrogen-bond acceptors (Lipinski definition) is 4. The third-order valence-electron chi connectivity index (χ3n) is 3.11. The van der Waals surface area contributed by atoms with Crippen LogP contribution in [0, 0.1) is 5.82 Å². The lowest BCUT2D eigenvalue weighted by molar-refractivity contribution is -0.138. The fourth-order valence-electron chi connectivity index (χ4n) is 2.05. The van der Waals surface area contributed by atoms with Gasteiger partial charge in [0.25, 0.3) is 0 Å². The molecular formula is C15H17ClFNO4S. The molecule has 23 heavy (non-hydrogen) atoms. The second-order valence-corrected chi connectivity index (χ2v) is 6.97. The van der Waals surface area contributed by atoms with E-state index < -0.39 is 57.9 Å². The molecule has 8 heteroatoms. The summed E-state index contributed by atoms with van der Waals surface area (Å²) in [6, 6.07) is 2.60. The lowest BCUT2D eigenvalue weighted by atomic mass is 9.99. The van der Waals surface area contributed by atoms with Crippen LogP contribution in [0.3, 0.4) is 0 Å². The van der Waals surface area contributed by atoms with E-state index >= 15 is 0 Å². The summed E-state index contributed by atoms with van der Waals surface area (Å²) >= 11 is 5.83. The van der Waals surface area contributed by atoms with E-state index in [2.05, 4.69) is 4.72 Å². The summed E-state index contributed by atoms with van der Waals surface area (Å²) in [7, 11) is -4.36. The van der Waals surface area contributed by atoms with Gasteiger partial charge < -0.3 is 4.74 Å². The van der Waals surface area contributed by atoms with E-state index in [1.54, 1.807) is 0 Å². The molecule has 0 fully saturated rings. The molecule has 0 saturated heterocycles. The Balaban J connectivity index is 2.46. The predicted molar refractivity (Wildman–Crippen MR) is 86.3 cm³/mol. The Bertz CT molecular complexity index is 860. The molecule has 1 unspecified atom stereocenters. The van der Waals surface area contributed by atoms with Gasteiger partial charge in [0.1, 0.15) is 11.1 Å². The number of allylic oxidation sites excluding steroid dienone is 1. The van der Waals surface area contributed by atoms with Crippen molar-refractivity contribution in [2.75, 3.05) is 11.3 Å². The molecule has 1 aliphatic rings. The van der Waals surface area contributed by atoms with E-state index in [4.69, 9.17) is 20.5 Å². The number of carbonyl (C=O) groups is 1. The van der Waals surface area contributed by atoms with Crippen molar-refractivity contribution in [3.8, 4) is 0 Å². The molecule has 1 aromatic rings. The molecule has 126 valence electrons. The number of rotatable bonds is 5. The third kappa shape index (κ3) is 4.23. The monoisotopic (exact) mass is 364 g/mol. The van der Waals surface area contributed by atoms with Crippen LogP contribution in [-0.4, -0.2) is 26.2 Å². The minimum Gasteiger partial charge on any atom is -0.463 e. The molecule has 0 aliphatic heterocycles. The molecule has 1 atom stereocenters. The lowest BCUT2D eigenvalue weighted by Crippen LogP contribution is -2.34. The van der Waals surface area contributed by atoms with Crippen molar-refractivity contribution in [3.63, 3.8) is 0 Å². The highest BCUT2D eigenvalue weighted by atomic mass is 35.5.